The number of rotatable bonds is 8. The number of hydrogen-bond donors (Lipinski definition) is 2. The van der Waals surface area contributed by atoms with Crippen LogP contribution >= 0.6 is 12.4 Å². The molecule has 1 fully saturated rings. The minimum Gasteiger partial charge on any atom is -0.362 e. The maximum Gasteiger partial charge on any atom is 0.225 e. The van der Waals surface area contributed by atoms with E-state index in [4.69, 9.17) is 9.97 Å². The summed E-state index contributed by atoms with van der Waals surface area (Å²) in [6.07, 6.45) is 4.28. The van der Waals surface area contributed by atoms with E-state index in [0.717, 1.165) is 42.4 Å². The first kappa shape index (κ1) is 27.4. The van der Waals surface area contributed by atoms with Crippen LogP contribution in [-0.4, -0.2) is 42.1 Å². The van der Waals surface area contributed by atoms with Crippen molar-refractivity contribution in [3.63, 3.8) is 0 Å². The fraction of sp³-hybridized carbons (Fsp3) is 0.323. The van der Waals surface area contributed by atoms with Crippen LogP contribution in [-0.2, 0) is 4.79 Å². The van der Waals surface area contributed by atoms with E-state index in [-0.39, 0.29) is 30.3 Å². The molecule has 7 heteroatoms. The molecule has 2 N–H and O–H groups in total. The number of amides is 1. The lowest BCUT2D eigenvalue weighted by Crippen LogP contribution is -2.40. The Labute approximate surface area is 231 Å². The average Bonchev–Trinajstić information content (AvgIpc) is 2.93. The highest BCUT2D eigenvalue weighted by Gasteiger charge is 2.25. The number of carbonyl (C=O) groups excluding carboxylic acids is 1. The predicted molar refractivity (Wildman–Crippen MR) is 158 cm³/mol. The molecule has 6 nitrogen and oxygen atoms in total. The van der Waals surface area contributed by atoms with Gasteiger partial charge in [-0.15, -0.1) is 12.4 Å². The van der Waals surface area contributed by atoms with Crippen LogP contribution in [0, 0.1) is 0 Å². The summed E-state index contributed by atoms with van der Waals surface area (Å²) in [6.45, 7) is 0. The molecule has 3 aromatic carbocycles. The van der Waals surface area contributed by atoms with Crippen molar-refractivity contribution in [2.24, 2.45) is 0 Å². The number of para-hydroxylation sites is 1. The summed E-state index contributed by atoms with van der Waals surface area (Å²) in [6, 6.07) is 29.2. The van der Waals surface area contributed by atoms with Crippen molar-refractivity contribution >= 4 is 41.0 Å². The second-order valence-electron chi connectivity index (χ2n) is 10.1. The van der Waals surface area contributed by atoms with E-state index in [2.05, 4.69) is 41.0 Å². The van der Waals surface area contributed by atoms with Gasteiger partial charge in [0.25, 0.3) is 0 Å². The summed E-state index contributed by atoms with van der Waals surface area (Å²) in [4.78, 5) is 24.7. The van der Waals surface area contributed by atoms with E-state index in [9.17, 15) is 4.79 Å². The third-order valence-electron chi connectivity index (χ3n) is 7.23. The molecule has 38 heavy (non-hydrogen) atoms. The van der Waals surface area contributed by atoms with Crippen LogP contribution in [0.5, 0.6) is 0 Å². The summed E-state index contributed by atoms with van der Waals surface area (Å²) < 4.78 is 0. The zero-order chi connectivity index (χ0) is 25.6. The number of carbonyl (C=O) groups is 1. The van der Waals surface area contributed by atoms with Crippen molar-refractivity contribution in [2.45, 2.75) is 50.1 Å². The van der Waals surface area contributed by atoms with Gasteiger partial charge >= 0.3 is 0 Å². The van der Waals surface area contributed by atoms with Crippen LogP contribution in [0.4, 0.5) is 11.8 Å². The van der Waals surface area contributed by atoms with Crippen molar-refractivity contribution in [2.75, 3.05) is 24.3 Å². The first-order valence-corrected chi connectivity index (χ1v) is 13.2. The zero-order valence-corrected chi connectivity index (χ0v) is 22.8. The lowest BCUT2D eigenvalue weighted by molar-refractivity contribution is -0.122. The number of anilines is 2. The number of halogens is 1. The van der Waals surface area contributed by atoms with E-state index in [1.807, 2.05) is 73.6 Å². The smallest absolute Gasteiger partial charge is 0.225 e. The van der Waals surface area contributed by atoms with E-state index >= 15 is 0 Å². The molecule has 1 aromatic heterocycles. The van der Waals surface area contributed by atoms with E-state index in [0.29, 0.717) is 18.4 Å². The second kappa shape index (κ2) is 12.7. The molecule has 0 atom stereocenters. The Morgan fingerprint density at radius 1 is 0.816 bits per heavy atom. The first-order valence-electron chi connectivity index (χ1n) is 13.2. The third kappa shape index (κ3) is 6.62. The second-order valence-corrected chi connectivity index (χ2v) is 10.1. The lowest BCUT2D eigenvalue weighted by Gasteiger charge is -2.30. The number of benzene rings is 3. The highest BCUT2D eigenvalue weighted by atomic mass is 35.5. The molecule has 0 unspecified atom stereocenters. The standard InChI is InChI=1S/C31H35N5O.ClH/c1-36(2)30-26-15-9-10-16-28(26)34-31(35-30)33-25-19-17-24(18-20-25)32-29(37)21-27(22-11-5-3-6-12-22)23-13-7-4-8-14-23;/h3-16,24-25,27H,17-21H2,1-2H3,(H,32,37)(H,33,34,35);1H/t24-,25+;. The molecule has 1 aliphatic rings. The molecule has 4 aromatic rings. The Morgan fingerprint density at radius 2 is 1.37 bits per heavy atom. The van der Waals surface area contributed by atoms with Crippen LogP contribution in [0.25, 0.3) is 10.9 Å². The summed E-state index contributed by atoms with van der Waals surface area (Å²) >= 11 is 0. The number of nitrogens with zero attached hydrogens (tertiary/aromatic N) is 3. The summed E-state index contributed by atoms with van der Waals surface area (Å²) in [7, 11) is 4.01. The third-order valence-corrected chi connectivity index (χ3v) is 7.23. The number of nitrogens with one attached hydrogen (secondary N) is 2. The highest BCUT2D eigenvalue weighted by Crippen LogP contribution is 2.29. The van der Waals surface area contributed by atoms with Gasteiger partial charge in [0.1, 0.15) is 5.82 Å². The minimum absolute atomic E-state index is 0. The molecule has 1 aliphatic carbocycles. The number of hydrogen-bond acceptors (Lipinski definition) is 5. The van der Waals surface area contributed by atoms with E-state index in [1.165, 1.54) is 11.1 Å². The van der Waals surface area contributed by atoms with Gasteiger partial charge in [0.2, 0.25) is 11.9 Å². The SMILES string of the molecule is CN(C)c1nc(N[C@H]2CC[C@@H](NC(=O)CC(c3ccccc3)c3ccccc3)CC2)nc2ccccc12.Cl. The average molecular weight is 530 g/mol. The zero-order valence-electron chi connectivity index (χ0n) is 22.0. The van der Waals surface area contributed by atoms with Crippen LogP contribution in [0.2, 0.25) is 0 Å². The van der Waals surface area contributed by atoms with Gasteiger partial charge in [-0.25, -0.2) is 4.98 Å². The maximum atomic E-state index is 13.1. The molecular formula is C31H36ClN5O. The Hall–Kier alpha value is -3.64. The van der Waals surface area contributed by atoms with Crippen LogP contribution in [0.15, 0.2) is 84.9 Å². The van der Waals surface area contributed by atoms with Gasteiger partial charge in [-0.1, -0.05) is 72.8 Å². The molecule has 0 aliphatic heterocycles. The summed E-state index contributed by atoms with van der Waals surface area (Å²) in [5.74, 6) is 1.75. The van der Waals surface area contributed by atoms with Crippen LogP contribution in [0.3, 0.4) is 0 Å². The Morgan fingerprint density at radius 3 is 1.97 bits per heavy atom. The van der Waals surface area contributed by atoms with Gasteiger partial charge in [-0.05, 0) is 48.9 Å². The Kier molecular flexibility index (Phi) is 9.19. The van der Waals surface area contributed by atoms with E-state index in [1.54, 1.807) is 0 Å². The molecule has 0 saturated heterocycles. The fourth-order valence-electron chi connectivity index (χ4n) is 5.30. The minimum atomic E-state index is 0. The molecular weight excluding hydrogens is 494 g/mol. The van der Waals surface area contributed by atoms with Crippen LogP contribution in [0.1, 0.15) is 49.1 Å². The molecule has 1 amide bonds. The molecule has 5 rings (SSSR count). The Bertz CT molecular complexity index is 1280. The largest absolute Gasteiger partial charge is 0.362 e. The lowest BCUT2D eigenvalue weighted by atomic mass is 9.87. The first-order chi connectivity index (χ1) is 18.1. The number of aromatic nitrogens is 2. The predicted octanol–water partition coefficient (Wildman–Crippen LogP) is 6.18. The molecule has 0 spiro atoms. The summed E-state index contributed by atoms with van der Waals surface area (Å²) in [5.41, 5.74) is 3.28. The van der Waals surface area contributed by atoms with Crippen LogP contribution < -0.4 is 15.5 Å². The highest BCUT2D eigenvalue weighted by molar-refractivity contribution is 5.90. The molecule has 1 heterocycles. The van der Waals surface area contributed by atoms with Gasteiger partial charge in [-0.3, -0.25) is 4.79 Å². The monoisotopic (exact) mass is 529 g/mol. The fourth-order valence-corrected chi connectivity index (χ4v) is 5.30. The van der Waals surface area contributed by atoms with E-state index < -0.39 is 0 Å². The molecule has 0 bridgehead atoms. The van der Waals surface area contributed by atoms with Crippen molar-refractivity contribution in [1.29, 1.82) is 0 Å². The topological polar surface area (TPSA) is 70.2 Å². The molecule has 0 radical (unpaired) electrons. The maximum absolute atomic E-state index is 13.1. The van der Waals surface area contributed by atoms with Gasteiger partial charge < -0.3 is 15.5 Å². The molecule has 198 valence electrons. The van der Waals surface area contributed by atoms with Crippen molar-refractivity contribution < 1.29 is 4.79 Å². The Balaban J connectivity index is 0.00000336. The van der Waals surface area contributed by atoms with Crippen molar-refractivity contribution in [1.82, 2.24) is 15.3 Å². The van der Waals surface area contributed by atoms with Crippen molar-refractivity contribution in [3.05, 3.63) is 96.1 Å². The normalized spacial score (nSPS) is 17.0. The van der Waals surface area contributed by atoms with Gasteiger partial charge in [0.15, 0.2) is 0 Å². The quantitative estimate of drug-likeness (QED) is 0.285. The summed E-state index contributed by atoms with van der Waals surface area (Å²) in [5, 5.41) is 7.92. The van der Waals surface area contributed by atoms with Gasteiger partial charge in [-0.2, -0.15) is 4.98 Å². The molecule has 1 saturated carbocycles. The van der Waals surface area contributed by atoms with Gasteiger partial charge in [0.05, 0.1) is 5.52 Å². The van der Waals surface area contributed by atoms with Gasteiger partial charge in [0, 0.05) is 43.9 Å². The number of fused-ring (bicyclic) bond motifs is 1. The van der Waals surface area contributed by atoms with Crippen molar-refractivity contribution in [3.8, 4) is 0 Å².